The summed E-state index contributed by atoms with van der Waals surface area (Å²) in [5, 5.41) is 3.53. The maximum atomic E-state index is 11.4. The molecule has 2 atom stereocenters. The minimum atomic E-state index is -0.906. The van der Waals surface area contributed by atoms with Gasteiger partial charge in [0.2, 0.25) is 0 Å². The Morgan fingerprint density at radius 3 is 2.32 bits per heavy atom. The van der Waals surface area contributed by atoms with Crippen LogP contribution in [0.5, 0.6) is 0 Å². The molecule has 0 fully saturated rings. The van der Waals surface area contributed by atoms with Gasteiger partial charge in [0.05, 0.1) is 0 Å². The average molecular weight is 316 g/mol. The van der Waals surface area contributed by atoms with Gasteiger partial charge in [0.1, 0.15) is 0 Å². The van der Waals surface area contributed by atoms with Crippen molar-refractivity contribution in [2.45, 2.75) is 24.4 Å². The molecule has 0 aliphatic heterocycles. The number of hydrogen-bond acceptors (Lipinski definition) is 3. The number of nitrogens with zero attached hydrogens (tertiary/aromatic N) is 1. The Bertz CT molecular complexity index is 598. The highest BCUT2D eigenvalue weighted by Crippen LogP contribution is 2.11. The third kappa shape index (κ3) is 4.97. The van der Waals surface area contributed by atoms with E-state index in [0.717, 1.165) is 18.0 Å². The number of anilines is 1. The van der Waals surface area contributed by atoms with Gasteiger partial charge in [0, 0.05) is 53.8 Å². The smallest absolute Gasteiger partial charge is 0.0498 e. The Kier molecular flexibility index (Phi) is 6.16. The number of para-hydroxylation sites is 1. The van der Waals surface area contributed by atoms with Gasteiger partial charge in [-0.25, -0.2) is 0 Å². The summed E-state index contributed by atoms with van der Waals surface area (Å²) in [4.78, 5) is 3.13. The van der Waals surface area contributed by atoms with Gasteiger partial charge in [-0.05, 0) is 36.8 Å². The zero-order chi connectivity index (χ0) is 15.9. The highest BCUT2D eigenvalue weighted by atomic mass is 32.2. The predicted octanol–water partition coefficient (Wildman–Crippen LogP) is 3.04. The molecule has 4 heteroatoms. The van der Waals surface area contributed by atoms with E-state index >= 15 is 0 Å². The highest BCUT2D eigenvalue weighted by Gasteiger charge is 2.07. The molecule has 0 saturated carbocycles. The molecule has 118 valence electrons. The van der Waals surface area contributed by atoms with Gasteiger partial charge < -0.3 is 10.2 Å². The molecular formula is C18H24N2OS. The number of likely N-dealkylation sites (N-methyl/N-ethyl adjacent to an activating group) is 1. The third-order valence-corrected chi connectivity index (χ3v) is 4.59. The van der Waals surface area contributed by atoms with Gasteiger partial charge in [-0.2, -0.15) is 0 Å². The minimum Gasteiger partial charge on any atom is -0.373 e. The Balaban J connectivity index is 1.82. The zero-order valence-electron chi connectivity index (χ0n) is 13.5. The van der Waals surface area contributed by atoms with E-state index in [1.165, 1.54) is 11.3 Å². The maximum absolute atomic E-state index is 11.4. The van der Waals surface area contributed by atoms with Crippen LogP contribution in [-0.2, 0) is 17.3 Å². The Morgan fingerprint density at radius 1 is 1.09 bits per heavy atom. The van der Waals surface area contributed by atoms with Crippen molar-refractivity contribution in [2.75, 3.05) is 24.7 Å². The first-order valence-electron chi connectivity index (χ1n) is 7.48. The van der Waals surface area contributed by atoms with E-state index in [-0.39, 0.29) is 0 Å². The zero-order valence-corrected chi connectivity index (χ0v) is 14.3. The highest BCUT2D eigenvalue weighted by molar-refractivity contribution is 7.84. The van der Waals surface area contributed by atoms with Crippen LogP contribution in [0.25, 0.3) is 0 Å². The topological polar surface area (TPSA) is 32.3 Å². The first kappa shape index (κ1) is 16.7. The second kappa shape index (κ2) is 8.11. The molecule has 22 heavy (non-hydrogen) atoms. The quantitative estimate of drug-likeness (QED) is 0.852. The number of benzene rings is 2. The second-order valence-corrected chi connectivity index (χ2v) is 6.98. The molecule has 3 nitrogen and oxygen atoms in total. The summed E-state index contributed by atoms with van der Waals surface area (Å²) in [7, 11) is 1.20. The summed E-state index contributed by atoms with van der Waals surface area (Å²) >= 11 is 0. The lowest BCUT2D eigenvalue weighted by atomic mass is 10.2. The van der Waals surface area contributed by atoms with E-state index in [0.29, 0.717) is 6.04 Å². The molecule has 0 spiro atoms. The van der Waals surface area contributed by atoms with Gasteiger partial charge in [0.25, 0.3) is 0 Å². The minimum absolute atomic E-state index is 0.380. The molecule has 0 unspecified atom stereocenters. The van der Waals surface area contributed by atoms with Crippen LogP contribution in [-0.4, -0.2) is 30.1 Å². The van der Waals surface area contributed by atoms with Gasteiger partial charge in [-0.3, -0.25) is 4.21 Å². The van der Waals surface area contributed by atoms with Crippen molar-refractivity contribution in [3.63, 3.8) is 0 Å². The van der Waals surface area contributed by atoms with Crippen LogP contribution in [0, 0.1) is 0 Å². The van der Waals surface area contributed by atoms with Crippen molar-refractivity contribution < 1.29 is 4.21 Å². The van der Waals surface area contributed by atoms with E-state index < -0.39 is 10.8 Å². The van der Waals surface area contributed by atoms with Gasteiger partial charge in [-0.15, -0.1) is 0 Å². The summed E-state index contributed by atoms with van der Waals surface area (Å²) in [5.41, 5.74) is 2.44. The van der Waals surface area contributed by atoms with Crippen LogP contribution in [0.1, 0.15) is 12.5 Å². The van der Waals surface area contributed by atoms with Crippen molar-refractivity contribution in [2.24, 2.45) is 0 Å². The van der Waals surface area contributed by atoms with Gasteiger partial charge in [-0.1, -0.05) is 30.3 Å². The lowest BCUT2D eigenvalue weighted by Crippen LogP contribution is -2.37. The van der Waals surface area contributed by atoms with Crippen LogP contribution in [0.4, 0.5) is 5.69 Å². The third-order valence-electron chi connectivity index (χ3n) is 3.65. The van der Waals surface area contributed by atoms with Crippen LogP contribution >= 0.6 is 0 Å². The monoisotopic (exact) mass is 316 g/mol. The molecule has 0 amide bonds. The summed E-state index contributed by atoms with van der Waals surface area (Å²) in [6.45, 7) is 3.95. The number of rotatable bonds is 7. The average Bonchev–Trinajstić information content (AvgIpc) is 2.54. The summed E-state index contributed by atoms with van der Waals surface area (Å²) < 4.78 is 11.4. The molecule has 0 saturated heterocycles. The van der Waals surface area contributed by atoms with E-state index in [9.17, 15) is 4.21 Å². The predicted molar refractivity (Wildman–Crippen MR) is 94.8 cm³/mol. The van der Waals surface area contributed by atoms with Crippen molar-refractivity contribution in [3.8, 4) is 0 Å². The Hall–Kier alpha value is -1.65. The van der Waals surface area contributed by atoms with E-state index in [1.807, 2.05) is 30.3 Å². The molecule has 1 N–H and O–H groups in total. The SMILES string of the molecule is C[C@H](CN(C)c1ccccc1)NCc1ccc([S@](C)=O)cc1. The largest absolute Gasteiger partial charge is 0.373 e. The molecule has 0 aliphatic rings. The van der Waals surface area contributed by atoms with E-state index in [2.05, 4.69) is 48.5 Å². The van der Waals surface area contributed by atoms with Crippen molar-refractivity contribution >= 4 is 16.5 Å². The van der Waals surface area contributed by atoms with Crippen LogP contribution in [0.3, 0.4) is 0 Å². The molecule has 2 rings (SSSR count). The number of hydrogen-bond donors (Lipinski definition) is 1. The fourth-order valence-corrected chi connectivity index (χ4v) is 2.87. The van der Waals surface area contributed by atoms with E-state index in [4.69, 9.17) is 0 Å². The van der Waals surface area contributed by atoms with Crippen LogP contribution < -0.4 is 10.2 Å². The fraction of sp³-hybridized carbons (Fsp3) is 0.333. The fourth-order valence-electron chi connectivity index (χ4n) is 2.35. The van der Waals surface area contributed by atoms with Crippen molar-refractivity contribution in [3.05, 3.63) is 60.2 Å². The second-order valence-electron chi connectivity index (χ2n) is 5.60. The summed E-state index contributed by atoms with van der Waals surface area (Å²) in [5.74, 6) is 0. The van der Waals surface area contributed by atoms with Crippen LogP contribution in [0.15, 0.2) is 59.5 Å². The van der Waals surface area contributed by atoms with Crippen LogP contribution in [0.2, 0.25) is 0 Å². The molecule has 0 radical (unpaired) electrons. The van der Waals surface area contributed by atoms with Gasteiger partial charge >= 0.3 is 0 Å². The molecule has 2 aromatic rings. The molecule has 0 aliphatic carbocycles. The molecular weight excluding hydrogens is 292 g/mol. The van der Waals surface area contributed by atoms with Crippen molar-refractivity contribution in [1.82, 2.24) is 5.32 Å². The Morgan fingerprint density at radius 2 is 1.73 bits per heavy atom. The first-order chi connectivity index (χ1) is 10.6. The Labute approximate surface area is 135 Å². The molecule has 2 aromatic carbocycles. The van der Waals surface area contributed by atoms with E-state index in [1.54, 1.807) is 6.26 Å². The number of nitrogens with one attached hydrogen (secondary N) is 1. The molecule has 0 bridgehead atoms. The lowest BCUT2D eigenvalue weighted by molar-refractivity contribution is 0.546. The molecule has 0 aromatic heterocycles. The summed E-state index contributed by atoms with van der Waals surface area (Å²) in [6.07, 6.45) is 1.70. The first-order valence-corrected chi connectivity index (χ1v) is 9.04. The normalized spacial score (nSPS) is 13.6. The summed E-state index contributed by atoms with van der Waals surface area (Å²) in [6, 6.07) is 18.7. The maximum Gasteiger partial charge on any atom is 0.0498 e. The standard InChI is InChI=1S/C18H24N2OS/c1-15(14-20(2)17-7-5-4-6-8-17)19-13-16-9-11-18(12-10-16)22(3)21/h4-12,15,19H,13-14H2,1-3H3/t15-,22+/m1/s1. The molecule has 0 heterocycles. The van der Waals surface area contributed by atoms with Gasteiger partial charge in [0.15, 0.2) is 0 Å². The van der Waals surface area contributed by atoms with Crippen molar-refractivity contribution in [1.29, 1.82) is 0 Å². The lowest BCUT2D eigenvalue weighted by Gasteiger charge is -2.24.